The number of nitrogens with one attached hydrogen (secondary N) is 1. The lowest BCUT2D eigenvalue weighted by Crippen LogP contribution is -2.36. The summed E-state index contributed by atoms with van der Waals surface area (Å²) < 4.78 is 22.9. The van der Waals surface area contributed by atoms with E-state index in [1.807, 2.05) is 11.8 Å². The molecule has 0 aromatic rings. The summed E-state index contributed by atoms with van der Waals surface area (Å²) in [6.45, 7) is 4.83. The Kier molecular flexibility index (Phi) is 6.89. The average molecular weight is 279 g/mol. The Bertz CT molecular complexity index is 298. The molecular weight excluding hydrogens is 254 g/mol. The number of sulfone groups is 1. The molecule has 5 heteroatoms. The summed E-state index contributed by atoms with van der Waals surface area (Å²) in [6.07, 6.45) is 3.08. The minimum absolute atomic E-state index is 0.276. The lowest BCUT2D eigenvalue weighted by atomic mass is 9.95. The van der Waals surface area contributed by atoms with Gasteiger partial charge in [-0.1, -0.05) is 13.8 Å². The van der Waals surface area contributed by atoms with Crippen LogP contribution in [0, 0.1) is 5.92 Å². The molecule has 2 unspecified atom stereocenters. The van der Waals surface area contributed by atoms with Crippen molar-refractivity contribution in [1.29, 1.82) is 0 Å². The molecule has 0 spiro atoms. The van der Waals surface area contributed by atoms with Gasteiger partial charge in [-0.15, -0.1) is 0 Å². The van der Waals surface area contributed by atoms with Gasteiger partial charge in [0.15, 0.2) is 0 Å². The first-order chi connectivity index (χ1) is 8.09. The Morgan fingerprint density at radius 3 is 2.71 bits per heavy atom. The molecule has 0 aromatic heterocycles. The molecule has 0 radical (unpaired) electrons. The van der Waals surface area contributed by atoms with E-state index in [2.05, 4.69) is 12.2 Å². The summed E-state index contributed by atoms with van der Waals surface area (Å²) in [5.41, 5.74) is 0. The van der Waals surface area contributed by atoms with Gasteiger partial charge in [0.2, 0.25) is 0 Å². The van der Waals surface area contributed by atoms with Gasteiger partial charge < -0.3 is 5.32 Å². The van der Waals surface area contributed by atoms with Gasteiger partial charge in [0.1, 0.15) is 9.84 Å². The zero-order valence-electron chi connectivity index (χ0n) is 10.9. The maximum atomic E-state index is 11.4. The maximum Gasteiger partial charge on any atom is 0.150 e. The molecule has 0 saturated carbocycles. The first-order valence-corrected chi connectivity index (χ1v) is 9.58. The summed E-state index contributed by atoms with van der Waals surface area (Å²) in [6, 6.07) is 0.516. The molecule has 102 valence electrons. The molecular formula is C12H25NO2S2. The van der Waals surface area contributed by atoms with E-state index in [1.54, 1.807) is 6.92 Å². The van der Waals surface area contributed by atoms with Crippen LogP contribution >= 0.6 is 11.8 Å². The van der Waals surface area contributed by atoms with Crippen LogP contribution < -0.4 is 5.32 Å². The fourth-order valence-electron chi connectivity index (χ4n) is 2.30. The van der Waals surface area contributed by atoms with Gasteiger partial charge in [0, 0.05) is 11.8 Å². The van der Waals surface area contributed by atoms with E-state index in [0.29, 0.717) is 11.8 Å². The Labute approximate surface area is 110 Å². The Hall–Kier alpha value is 0.260. The zero-order valence-corrected chi connectivity index (χ0v) is 12.6. The molecule has 0 amide bonds. The Morgan fingerprint density at radius 2 is 2.18 bits per heavy atom. The molecule has 1 saturated heterocycles. The lowest BCUT2D eigenvalue weighted by Gasteiger charge is -2.23. The standard InChI is InChI=1S/C12H25NO2S2/c1-3-13-12(11-7-8-16-10-11)6-5-9-17(14,15)4-2/h11-13H,3-10H2,1-2H3. The van der Waals surface area contributed by atoms with Gasteiger partial charge in [-0.25, -0.2) is 8.42 Å². The van der Waals surface area contributed by atoms with E-state index in [4.69, 9.17) is 0 Å². The van der Waals surface area contributed by atoms with Crippen molar-refractivity contribution >= 4 is 21.6 Å². The van der Waals surface area contributed by atoms with Crippen LogP contribution in [-0.2, 0) is 9.84 Å². The highest BCUT2D eigenvalue weighted by Crippen LogP contribution is 2.28. The topological polar surface area (TPSA) is 46.2 Å². The first kappa shape index (κ1) is 15.3. The van der Waals surface area contributed by atoms with E-state index in [-0.39, 0.29) is 5.75 Å². The summed E-state index contributed by atoms with van der Waals surface area (Å²) in [5, 5.41) is 3.52. The van der Waals surface area contributed by atoms with Crippen molar-refractivity contribution in [2.24, 2.45) is 5.92 Å². The number of rotatable bonds is 8. The highest BCUT2D eigenvalue weighted by Gasteiger charge is 2.24. The molecule has 0 bridgehead atoms. The third-order valence-corrected chi connectivity index (χ3v) is 6.39. The molecule has 1 rings (SSSR count). The van der Waals surface area contributed by atoms with Gasteiger partial charge >= 0.3 is 0 Å². The van der Waals surface area contributed by atoms with Crippen LogP contribution in [0.1, 0.15) is 33.1 Å². The van der Waals surface area contributed by atoms with Crippen LogP contribution in [0.15, 0.2) is 0 Å². The normalized spacial score (nSPS) is 22.8. The molecule has 1 fully saturated rings. The maximum absolute atomic E-state index is 11.4. The molecule has 1 aliphatic heterocycles. The monoisotopic (exact) mass is 279 g/mol. The minimum atomic E-state index is -2.79. The van der Waals surface area contributed by atoms with Gasteiger partial charge in [-0.05, 0) is 43.2 Å². The van der Waals surface area contributed by atoms with Crippen molar-refractivity contribution in [3.8, 4) is 0 Å². The van der Waals surface area contributed by atoms with Crippen molar-refractivity contribution in [2.45, 2.75) is 39.2 Å². The SMILES string of the molecule is CCNC(CCCS(=O)(=O)CC)C1CCSC1. The summed E-state index contributed by atoms with van der Waals surface area (Å²) in [7, 11) is -2.79. The third-order valence-electron chi connectivity index (χ3n) is 3.41. The number of hydrogen-bond donors (Lipinski definition) is 1. The van der Waals surface area contributed by atoms with Crippen LogP contribution in [-0.4, -0.2) is 44.0 Å². The van der Waals surface area contributed by atoms with Gasteiger partial charge in [0.25, 0.3) is 0 Å². The van der Waals surface area contributed by atoms with E-state index < -0.39 is 9.84 Å². The Balaban J connectivity index is 2.34. The van der Waals surface area contributed by atoms with Crippen LogP contribution in [0.3, 0.4) is 0 Å². The van der Waals surface area contributed by atoms with E-state index in [9.17, 15) is 8.42 Å². The molecule has 17 heavy (non-hydrogen) atoms. The lowest BCUT2D eigenvalue weighted by molar-refractivity contribution is 0.366. The Morgan fingerprint density at radius 1 is 1.41 bits per heavy atom. The predicted octanol–water partition coefficient (Wildman–Crippen LogP) is 1.93. The molecule has 0 aliphatic carbocycles. The molecule has 1 N–H and O–H groups in total. The molecule has 1 heterocycles. The predicted molar refractivity (Wildman–Crippen MR) is 76.5 cm³/mol. The van der Waals surface area contributed by atoms with E-state index in [0.717, 1.165) is 25.3 Å². The fourth-order valence-corrected chi connectivity index (χ4v) is 4.54. The number of thioether (sulfide) groups is 1. The zero-order chi connectivity index (χ0) is 12.7. The summed E-state index contributed by atoms with van der Waals surface area (Å²) in [5.74, 6) is 3.87. The van der Waals surface area contributed by atoms with Crippen molar-refractivity contribution < 1.29 is 8.42 Å². The smallest absolute Gasteiger partial charge is 0.150 e. The van der Waals surface area contributed by atoms with Crippen LogP contribution in [0.4, 0.5) is 0 Å². The second-order valence-corrected chi connectivity index (χ2v) is 8.29. The highest BCUT2D eigenvalue weighted by atomic mass is 32.2. The largest absolute Gasteiger partial charge is 0.314 e. The van der Waals surface area contributed by atoms with Crippen molar-refractivity contribution in [1.82, 2.24) is 5.32 Å². The summed E-state index contributed by atoms with van der Waals surface area (Å²) >= 11 is 2.02. The van der Waals surface area contributed by atoms with Crippen molar-refractivity contribution in [2.75, 3.05) is 29.6 Å². The third kappa shape index (κ3) is 5.62. The van der Waals surface area contributed by atoms with E-state index in [1.165, 1.54) is 17.9 Å². The van der Waals surface area contributed by atoms with Gasteiger partial charge in [-0.2, -0.15) is 11.8 Å². The van der Waals surface area contributed by atoms with Crippen LogP contribution in [0.25, 0.3) is 0 Å². The second kappa shape index (κ2) is 7.64. The average Bonchev–Trinajstić information content (AvgIpc) is 2.81. The van der Waals surface area contributed by atoms with Gasteiger partial charge in [-0.3, -0.25) is 0 Å². The van der Waals surface area contributed by atoms with Crippen LogP contribution in [0.2, 0.25) is 0 Å². The highest BCUT2D eigenvalue weighted by molar-refractivity contribution is 7.99. The van der Waals surface area contributed by atoms with Crippen molar-refractivity contribution in [3.05, 3.63) is 0 Å². The summed E-state index contributed by atoms with van der Waals surface area (Å²) in [4.78, 5) is 0. The fraction of sp³-hybridized carbons (Fsp3) is 1.00. The molecule has 1 aliphatic rings. The minimum Gasteiger partial charge on any atom is -0.314 e. The molecule has 3 nitrogen and oxygen atoms in total. The second-order valence-electron chi connectivity index (χ2n) is 4.67. The van der Waals surface area contributed by atoms with Gasteiger partial charge in [0.05, 0.1) is 5.75 Å². The van der Waals surface area contributed by atoms with Crippen LogP contribution in [0.5, 0.6) is 0 Å². The quantitative estimate of drug-likeness (QED) is 0.737. The van der Waals surface area contributed by atoms with Crippen molar-refractivity contribution in [3.63, 3.8) is 0 Å². The molecule has 2 atom stereocenters. The van der Waals surface area contributed by atoms with E-state index >= 15 is 0 Å². The first-order valence-electron chi connectivity index (χ1n) is 6.60. The molecule has 0 aromatic carbocycles. The number of hydrogen-bond acceptors (Lipinski definition) is 4.